The van der Waals surface area contributed by atoms with E-state index in [-0.39, 0.29) is 13.0 Å². The van der Waals surface area contributed by atoms with Gasteiger partial charge in [0.25, 0.3) is 6.04 Å². The molecule has 0 aliphatic heterocycles. The van der Waals surface area contributed by atoms with Crippen molar-refractivity contribution in [1.29, 1.82) is 0 Å². The lowest BCUT2D eigenvalue weighted by Gasteiger charge is -2.26. The van der Waals surface area contributed by atoms with Crippen LogP contribution in [0.25, 0.3) is 0 Å². The van der Waals surface area contributed by atoms with E-state index in [4.69, 9.17) is 9.47 Å². The molecule has 0 saturated carbocycles. The van der Waals surface area contributed by atoms with E-state index in [1.165, 1.54) is 13.0 Å². The highest BCUT2D eigenvalue weighted by Crippen LogP contribution is 2.25. The number of nitrogens with zero attached hydrogens (tertiary/aromatic N) is 1. The van der Waals surface area contributed by atoms with Gasteiger partial charge in [0, 0.05) is 11.8 Å². The van der Waals surface area contributed by atoms with E-state index in [9.17, 15) is 19.7 Å². The molecule has 7 heteroatoms. The Labute approximate surface area is 104 Å². The van der Waals surface area contributed by atoms with Gasteiger partial charge in [0.05, 0.1) is 6.61 Å². The molecule has 3 atom stereocenters. The molecule has 1 aliphatic rings. The highest BCUT2D eigenvalue weighted by atomic mass is 16.6. The number of carbonyl (C=O) groups excluding carboxylic acids is 2. The quantitative estimate of drug-likeness (QED) is 0.318. The van der Waals surface area contributed by atoms with Crippen molar-refractivity contribution in [1.82, 2.24) is 0 Å². The first-order valence-corrected chi connectivity index (χ1v) is 5.61. The van der Waals surface area contributed by atoms with Crippen LogP contribution in [0.3, 0.4) is 0 Å². The van der Waals surface area contributed by atoms with Gasteiger partial charge in [-0.05, 0) is 19.4 Å². The summed E-state index contributed by atoms with van der Waals surface area (Å²) >= 11 is 0. The van der Waals surface area contributed by atoms with Crippen LogP contribution in [0.2, 0.25) is 0 Å². The normalized spacial score (nSPS) is 26.4. The van der Waals surface area contributed by atoms with E-state index in [2.05, 4.69) is 0 Å². The van der Waals surface area contributed by atoms with E-state index in [1.54, 1.807) is 13.0 Å². The van der Waals surface area contributed by atoms with E-state index in [0.29, 0.717) is 0 Å². The van der Waals surface area contributed by atoms with E-state index in [1.807, 2.05) is 0 Å². The first kappa shape index (κ1) is 14.1. The van der Waals surface area contributed by atoms with Crippen molar-refractivity contribution < 1.29 is 24.0 Å². The maximum atomic E-state index is 11.6. The van der Waals surface area contributed by atoms with Crippen LogP contribution in [0.1, 0.15) is 20.3 Å². The molecule has 1 rings (SSSR count). The summed E-state index contributed by atoms with van der Waals surface area (Å²) in [6.07, 6.45) is 2.21. The molecule has 7 nitrogen and oxygen atoms in total. The second-order valence-electron chi connectivity index (χ2n) is 3.87. The van der Waals surface area contributed by atoms with Crippen molar-refractivity contribution in [3.63, 3.8) is 0 Å². The number of allylic oxidation sites excluding steroid dienone is 1. The van der Waals surface area contributed by atoms with E-state index >= 15 is 0 Å². The van der Waals surface area contributed by atoms with Gasteiger partial charge in [-0.3, -0.25) is 19.7 Å². The first-order chi connectivity index (χ1) is 8.47. The molecular formula is C11H15NO6. The van der Waals surface area contributed by atoms with Crippen molar-refractivity contribution in [2.45, 2.75) is 32.4 Å². The molecule has 0 aromatic heterocycles. The molecule has 0 N–H and O–H groups in total. The van der Waals surface area contributed by atoms with Gasteiger partial charge < -0.3 is 9.47 Å². The Morgan fingerprint density at radius 1 is 1.50 bits per heavy atom. The molecule has 0 spiro atoms. The lowest BCUT2D eigenvalue weighted by Crippen LogP contribution is -2.46. The van der Waals surface area contributed by atoms with Gasteiger partial charge in [-0.15, -0.1) is 0 Å². The lowest BCUT2D eigenvalue weighted by molar-refractivity contribution is -0.539. The van der Waals surface area contributed by atoms with E-state index in [0.717, 1.165) is 0 Å². The van der Waals surface area contributed by atoms with Gasteiger partial charge >= 0.3 is 11.9 Å². The lowest BCUT2D eigenvalue weighted by atomic mass is 9.87. The number of esters is 2. The minimum absolute atomic E-state index is 0.154. The summed E-state index contributed by atoms with van der Waals surface area (Å²) < 4.78 is 9.65. The smallest absolute Gasteiger partial charge is 0.316 e. The predicted octanol–water partition coefficient (Wildman–Crippen LogP) is 0.703. The van der Waals surface area contributed by atoms with Crippen LogP contribution in [-0.2, 0) is 19.1 Å². The molecule has 0 saturated heterocycles. The molecule has 0 amide bonds. The molecule has 0 aromatic carbocycles. The summed E-state index contributed by atoms with van der Waals surface area (Å²) in [7, 11) is 0. The Kier molecular flexibility index (Phi) is 4.82. The Morgan fingerprint density at radius 2 is 2.17 bits per heavy atom. The standard InChI is InChI=1S/C11H15NO6/c1-3-17-11(14)8-5-4-6-9(18-7(2)13)10(8)12(15)16/h4,6,8-10H,3,5H2,1-2H3/t8-,9-,10+/m1/s1. The number of ether oxygens (including phenoxy) is 2. The van der Waals surface area contributed by atoms with Crippen molar-refractivity contribution >= 4 is 11.9 Å². The predicted molar refractivity (Wildman–Crippen MR) is 60.2 cm³/mol. The summed E-state index contributed by atoms with van der Waals surface area (Å²) in [5.41, 5.74) is 0. The fraction of sp³-hybridized carbons (Fsp3) is 0.636. The van der Waals surface area contributed by atoms with Gasteiger partial charge in [-0.1, -0.05) is 6.08 Å². The summed E-state index contributed by atoms with van der Waals surface area (Å²) in [5, 5.41) is 11.0. The monoisotopic (exact) mass is 257 g/mol. The van der Waals surface area contributed by atoms with Gasteiger partial charge in [0.15, 0.2) is 6.10 Å². The SMILES string of the molecule is CCOC(=O)[C@@H]1CC=C[C@@H](OC(C)=O)[C@H]1[N+](=O)[O-]. The van der Waals surface area contributed by atoms with Crippen LogP contribution in [0, 0.1) is 16.0 Å². The van der Waals surface area contributed by atoms with Gasteiger partial charge in [0.2, 0.25) is 0 Å². The maximum Gasteiger partial charge on any atom is 0.316 e. The second kappa shape index (κ2) is 6.13. The summed E-state index contributed by atoms with van der Waals surface area (Å²) in [6.45, 7) is 2.95. The largest absolute Gasteiger partial charge is 0.466 e. The topological polar surface area (TPSA) is 95.7 Å². The summed E-state index contributed by atoms with van der Waals surface area (Å²) in [6, 6.07) is -1.29. The zero-order valence-electron chi connectivity index (χ0n) is 10.2. The molecule has 0 aromatic rings. The highest BCUT2D eigenvalue weighted by molar-refractivity contribution is 5.74. The zero-order valence-corrected chi connectivity index (χ0v) is 10.2. The van der Waals surface area contributed by atoms with Gasteiger partial charge in [0.1, 0.15) is 5.92 Å². The molecule has 0 bridgehead atoms. The molecule has 1 aliphatic carbocycles. The molecule has 0 heterocycles. The maximum absolute atomic E-state index is 11.6. The Balaban J connectivity index is 2.91. The van der Waals surface area contributed by atoms with Crippen molar-refractivity contribution in [2.24, 2.45) is 5.92 Å². The van der Waals surface area contributed by atoms with Crippen molar-refractivity contribution in [3.05, 3.63) is 22.3 Å². The molecule has 0 unspecified atom stereocenters. The average Bonchev–Trinajstić information content (AvgIpc) is 2.27. The molecule has 0 radical (unpaired) electrons. The fourth-order valence-electron chi connectivity index (χ4n) is 1.89. The molecular weight excluding hydrogens is 242 g/mol. The third kappa shape index (κ3) is 3.28. The first-order valence-electron chi connectivity index (χ1n) is 5.61. The molecule has 18 heavy (non-hydrogen) atoms. The Bertz CT molecular complexity index is 378. The minimum Gasteiger partial charge on any atom is -0.466 e. The van der Waals surface area contributed by atoms with Crippen LogP contribution < -0.4 is 0 Å². The second-order valence-corrected chi connectivity index (χ2v) is 3.87. The minimum atomic E-state index is -1.29. The number of rotatable bonds is 4. The zero-order chi connectivity index (χ0) is 13.7. The van der Waals surface area contributed by atoms with Gasteiger partial charge in [-0.25, -0.2) is 0 Å². The average molecular weight is 257 g/mol. The summed E-state index contributed by atoms with van der Waals surface area (Å²) in [5.74, 6) is -2.18. The van der Waals surface area contributed by atoms with Crippen LogP contribution in [0.15, 0.2) is 12.2 Å². The molecule has 0 fully saturated rings. The van der Waals surface area contributed by atoms with Crippen molar-refractivity contribution in [3.8, 4) is 0 Å². The highest BCUT2D eigenvalue weighted by Gasteiger charge is 2.46. The number of carbonyl (C=O) groups is 2. The Hall–Kier alpha value is -1.92. The van der Waals surface area contributed by atoms with Crippen LogP contribution in [-0.4, -0.2) is 35.6 Å². The fourth-order valence-corrected chi connectivity index (χ4v) is 1.89. The third-order valence-electron chi connectivity index (χ3n) is 2.60. The summed E-state index contributed by atoms with van der Waals surface area (Å²) in [4.78, 5) is 33.0. The van der Waals surface area contributed by atoms with Crippen LogP contribution in [0.4, 0.5) is 0 Å². The Morgan fingerprint density at radius 3 is 2.67 bits per heavy atom. The van der Waals surface area contributed by atoms with Crippen molar-refractivity contribution in [2.75, 3.05) is 6.61 Å². The van der Waals surface area contributed by atoms with E-state index < -0.39 is 34.9 Å². The number of hydrogen-bond acceptors (Lipinski definition) is 6. The number of hydrogen-bond donors (Lipinski definition) is 0. The van der Waals surface area contributed by atoms with Crippen LogP contribution >= 0.6 is 0 Å². The number of nitro groups is 1. The van der Waals surface area contributed by atoms with Crippen LogP contribution in [0.5, 0.6) is 0 Å². The molecule has 100 valence electrons. The van der Waals surface area contributed by atoms with Gasteiger partial charge in [-0.2, -0.15) is 0 Å². The third-order valence-corrected chi connectivity index (χ3v) is 2.60.